The van der Waals surface area contributed by atoms with E-state index in [-0.39, 0.29) is 11.0 Å². The Kier molecular flexibility index (Phi) is 3.67. The van der Waals surface area contributed by atoms with Crippen LogP contribution in [0.25, 0.3) is 0 Å². The summed E-state index contributed by atoms with van der Waals surface area (Å²) in [5, 5.41) is 3.74. The predicted molar refractivity (Wildman–Crippen MR) is 78.8 cm³/mol. The molecule has 1 aromatic rings. The molecule has 0 radical (unpaired) electrons. The minimum atomic E-state index is 0.0422. The molecule has 0 spiro atoms. The van der Waals surface area contributed by atoms with Crippen molar-refractivity contribution in [1.82, 2.24) is 0 Å². The lowest BCUT2D eigenvalue weighted by Crippen LogP contribution is -2.58. The molecule has 0 heterocycles. The summed E-state index contributed by atoms with van der Waals surface area (Å²) in [6.07, 6.45) is 5.03. The third kappa shape index (κ3) is 2.39. The summed E-state index contributed by atoms with van der Waals surface area (Å²) in [5.41, 5.74) is 8.92. The van der Waals surface area contributed by atoms with E-state index < -0.39 is 0 Å². The fraction of sp³-hybridized carbons (Fsp3) is 0.625. The zero-order chi connectivity index (χ0) is 13.2. The molecule has 1 atom stereocenters. The average Bonchev–Trinajstić information content (AvgIpc) is 2.34. The number of rotatable bonds is 3. The molecule has 2 heteroatoms. The Bertz CT molecular complexity index is 394. The second kappa shape index (κ2) is 4.93. The highest BCUT2D eigenvalue weighted by molar-refractivity contribution is 5.47. The molecule has 1 aliphatic carbocycles. The third-order valence-electron chi connectivity index (χ3n) is 4.73. The first-order valence-corrected chi connectivity index (χ1v) is 7.04. The minimum absolute atomic E-state index is 0.0422. The molecule has 18 heavy (non-hydrogen) atoms. The second-order valence-corrected chi connectivity index (χ2v) is 6.37. The van der Waals surface area contributed by atoms with Gasteiger partial charge in [-0.15, -0.1) is 0 Å². The first-order valence-electron chi connectivity index (χ1n) is 7.04. The van der Waals surface area contributed by atoms with Crippen LogP contribution in [0.15, 0.2) is 24.3 Å². The van der Waals surface area contributed by atoms with Gasteiger partial charge >= 0.3 is 0 Å². The summed E-state index contributed by atoms with van der Waals surface area (Å²) in [7, 11) is 0. The minimum Gasteiger partial charge on any atom is -0.378 e. The SMILES string of the molecule is Cc1ccc(NC2(CN)CCCCC2(C)C)cc1. The summed E-state index contributed by atoms with van der Waals surface area (Å²) >= 11 is 0. The van der Waals surface area contributed by atoms with Crippen LogP contribution in [0.3, 0.4) is 0 Å². The van der Waals surface area contributed by atoms with Crippen LogP contribution in [0, 0.1) is 12.3 Å². The third-order valence-corrected chi connectivity index (χ3v) is 4.73. The molecule has 2 nitrogen and oxygen atoms in total. The fourth-order valence-electron chi connectivity index (χ4n) is 3.15. The van der Waals surface area contributed by atoms with E-state index in [1.165, 1.54) is 36.9 Å². The van der Waals surface area contributed by atoms with Crippen molar-refractivity contribution in [2.75, 3.05) is 11.9 Å². The number of hydrogen-bond donors (Lipinski definition) is 2. The maximum atomic E-state index is 6.13. The molecule has 2 rings (SSSR count). The summed E-state index contributed by atoms with van der Waals surface area (Å²) in [6, 6.07) is 8.64. The number of anilines is 1. The number of aryl methyl sites for hydroxylation is 1. The van der Waals surface area contributed by atoms with Crippen LogP contribution in [0.2, 0.25) is 0 Å². The van der Waals surface area contributed by atoms with Gasteiger partial charge in [-0.05, 0) is 37.3 Å². The molecule has 1 fully saturated rings. The van der Waals surface area contributed by atoms with Gasteiger partial charge < -0.3 is 11.1 Å². The number of nitrogens with one attached hydrogen (secondary N) is 1. The van der Waals surface area contributed by atoms with Crippen molar-refractivity contribution < 1.29 is 0 Å². The van der Waals surface area contributed by atoms with Crippen molar-refractivity contribution in [2.24, 2.45) is 11.1 Å². The molecule has 0 aromatic heterocycles. The highest BCUT2D eigenvalue weighted by Crippen LogP contribution is 2.45. The summed E-state index contributed by atoms with van der Waals surface area (Å²) in [4.78, 5) is 0. The highest BCUT2D eigenvalue weighted by Gasteiger charge is 2.45. The molecule has 1 aliphatic rings. The van der Waals surface area contributed by atoms with E-state index in [0.29, 0.717) is 6.54 Å². The zero-order valence-corrected chi connectivity index (χ0v) is 11.9. The van der Waals surface area contributed by atoms with Crippen LogP contribution in [0.5, 0.6) is 0 Å². The van der Waals surface area contributed by atoms with Crippen molar-refractivity contribution in [3.8, 4) is 0 Å². The number of nitrogens with two attached hydrogens (primary N) is 1. The van der Waals surface area contributed by atoms with Crippen molar-refractivity contribution in [1.29, 1.82) is 0 Å². The Hall–Kier alpha value is -1.02. The van der Waals surface area contributed by atoms with Gasteiger partial charge in [-0.1, -0.05) is 44.4 Å². The molecule has 1 unspecified atom stereocenters. The van der Waals surface area contributed by atoms with Gasteiger partial charge in [0, 0.05) is 12.2 Å². The largest absolute Gasteiger partial charge is 0.378 e. The van der Waals surface area contributed by atoms with Gasteiger partial charge in [0.05, 0.1) is 5.54 Å². The maximum Gasteiger partial charge on any atom is 0.0546 e. The monoisotopic (exact) mass is 246 g/mol. The molecule has 0 amide bonds. The standard InChI is InChI=1S/C16H26N2/c1-13-6-8-14(9-7-13)18-16(12-17)11-5-4-10-15(16,2)3/h6-9,18H,4-5,10-12,17H2,1-3H3. The Morgan fingerprint density at radius 1 is 1.11 bits per heavy atom. The van der Waals surface area contributed by atoms with Gasteiger partial charge in [-0.25, -0.2) is 0 Å². The summed E-state index contributed by atoms with van der Waals surface area (Å²) in [5.74, 6) is 0. The molecule has 0 aliphatic heterocycles. The topological polar surface area (TPSA) is 38.0 Å². The first-order chi connectivity index (χ1) is 8.49. The highest BCUT2D eigenvalue weighted by atomic mass is 15.0. The lowest BCUT2D eigenvalue weighted by atomic mass is 9.63. The molecule has 0 saturated heterocycles. The van der Waals surface area contributed by atoms with Gasteiger partial charge in [0.15, 0.2) is 0 Å². The molecule has 0 bridgehead atoms. The first kappa shape index (κ1) is 13.4. The normalized spacial score (nSPS) is 26.9. The van der Waals surface area contributed by atoms with Crippen LogP contribution in [0.1, 0.15) is 45.1 Å². The van der Waals surface area contributed by atoms with E-state index >= 15 is 0 Å². The van der Waals surface area contributed by atoms with E-state index in [4.69, 9.17) is 5.73 Å². The molecule has 3 N–H and O–H groups in total. The molecule has 1 saturated carbocycles. The predicted octanol–water partition coefficient (Wildman–Crippen LogP) is 3.70. The molecular weight excluding hydrogens is 220 g/mol. The van der Waals surface area contributed by atoms with Crippen molar-refractivity contribution in [3.05, 3.63) is 29.8 Å². The van der Waals surface area contributed by atoms with Gasteiger partial charge in [0.25, 0.3) is 0 Å². The van der Waals surface area contributed by atoms with Crippen LogP contribution in [-0.2, 0) is 0 Å². The van der Waals surface area contributed by atoms with Crippen molar-refractivity contribution >= 4 is 5.69 Å². The van der Waals surface area contributed by atoms with Crippen LogP contribution in [-0.4, -0.2) is 12.1 Å². The summed E-state index contributed by atoms with van der Waals surface area (Å²) in [6.45, 7) is 7.52. The van der Waals surface area contributed by atoms with Gasteiger partial charge in [-0.3, -0.25) is 0 Å². The van der Waals surface area contributed by atoms with Crippen LogP contribution >= 0.6 is 0 Å². The quantitative estimate of drug-likeness (QED) is 0.853. The van der Waals surface area contributed by atoms with E-state index in [1.807, 2.05) is 0 Å². The Morgan fingerprint density at radius 3 is 2.28 bits per heavy atom. The maximum absolute atomic E-state index is 6.13. The van der Waals surface area contributed by atoms with E-state index in [2.05, 4.69) is 50.4 Å². The van der Waals surface area contributed by atoms with Crippen LogP contribution in [0.4, 0.5) is 5.69 Å². The van der Waals surface area contributed by atoms with Crippen molar-refractivity contribution in [2.45, 2.75) is 52.0 Å². The van der Waals surface area contributed by atoms with Gasteiger partial charge in [-0.2, -0.15) is 0 Å². The number of benzene rings is 1. The molecule has 100 valence electrons. The Labute approximate surface area is 111 Å². The average molecular weight is 246 g/mol. The van der Waals surface area contributed by atoms with E-state index in [9.17, 15) is 0 Å². The molecular formula is C16H26N2. The summed E-state index contributed by atoms with van der Waals surface area (Å²) < 4.78 is 0. The van der Waals surface area contributed by atoms with Gasteiger partial charge in [0.1, 0.15) is 0 Å². The second-order valence-electron chi connectivity index (χ2n) is 6.37. The van der Waals surface area contributed by atoms with Crippen LogP contribution < -0.4 is 11.1 Å². The fourth-order valence-corrected chi connectivity index (χ4v) is 3.15. The zero-order valence-electron chi connectivity index (χ0n) is 11.9. The van der Waals surface area contributed by atoms with Gasteiger partial charge in [0.2, 0.25) is 0 Å². The smallest absolute Gasteiger partial charge is 0.0546 e. The van der Waals surface area contributed by atoms with Crippen molar-refractivity contribution in [3.63, 3.8) is 0 Å². The Balaban J connectivity index is 2.24. The van der Waals surface area contributed by atoms with E-state index in [1.54, 1.807) is 0 Å². The molecule has 1 aromatic carbocycles. The lowest BCUT2D eigenvalue weighted by Gasteiger charge is -2.51. The van der Waals surface area contributed by atoms with E-state index in [0.717, 1.165) is 0 Å². The number of hydrogen-bond acceptors (Lipinski definition) is 2. The Morgan fingerprint density at radius 2 is 1.72 bits per heavy atom. The lowest BCUT2D eigenvalue weighted by molar-refractivity contribution is 0.125.